The Kier molecular flexibility index (Phi) is 6.81. The third-order valence-corrected chi connectivity index (χ3v) is 7.13. The number of nitrogens with zero attached hydrogens (tertiary/aromatic N) is 2. The molecule has 1 aliphatic rings. The second-order valence-corrected chi connectivity index (χ2v) is 9.16. The van der Waals surface area contributed by atoms with E-state index in [0.717, 1.165) is 18.9 Å². The fourth-order valence-corrected chi connectivity index (χ4v) is 4.82. The molecule has 1 N–H and O–H groups in total. The summed E-state index contributed by atoms with van der Waals surface area (Å²) in [6, 6.07) is 8.01. The molecule has 1 aliphatic heterocycles. The van der Waals surface area contributed by atoms with Crippen LogP contribution in [0.3, 0.4) is 0 Å². The first-order valence-corrected chi connectivity index (χ1v) is 11.0. The van der Waals surface area contributed by atoms with Crippen molar-refractivity contribution < 1.29 is 22.9 Å². The summed E-state index contributed by atoms with van der Waals surface area (Å²) in [7, 11) is -3.83. The first kappa shape index (κ1) is 22.3. The number of hydrogen-bond donors (Lipinski definition) is 1. The highest BCUT2D eigenvalue weighted by molar-refractivity contribution is 7.89. The molecule has 1 heterocycles. The molecule has 1 fully saturated rings. The van der Waals surface area contributed by atoms with Crippen molar-refractivity contribution in [2.75, 3.05) is 25.0 Å². The van der Waals surface area contributed by atoms with Gasteiger partial charge in [0.15, 0.2) is 12.4 Å². The number of sulfonamides is 1. The van der Waals surface area contributed by atoms with Gasteiger partial charge < -0.3 is 10.1 Å². The number of carbonyl (C=O) groups is 1. The van der Waals surface area contributed by atoms with Crippen molar-refractivity contribution >= 4 is 50.5 Å². The topological polar surface area (TPSA) is 119 Å². The lowest BCUT2D eigenvalue weighted by Gasteiger charge is -2.16. The second kappa shape index (κ2) is 9.17. The Hall–Kier alpha value is -2.40. The second-order valence-electron chi connectivity index (χ2n) is 6.44. The van der Waals surface area contributed by atoms with E-state index < -0.39 is 33.1 Å². The summed E-state index contributed by atoms with van der Waals surface area (Å²) in [5.74, 6) is -0.852. The van der Waals surface area contributed by atoms with Crippen molar-refractivity contribution in [2.24, 2.45) is 0 Å². The van der Waals surface area contributed by atoms with Crippen molar-refractivity contribution in [1.82, 2.24) is 4.31 Å². The highest BCUT2D eigenvalue weighted by Gasteiger charge is 2.30. The van der Waals surface area contributed by atoms with Crippen LogP contribution in [0.4, 0.5) is 11.4 Å². The van der Waals surface area contributed by atoms with E-state index in [4.69, 9.17) is 27.9 Å². The van der Waals surface area contributed by atoms with Crippen LogP contribution in [0.15, 0.2) is 41.3 Å². The molecule has 0 spiro atoms. The third kappa shape index (κ3) is 4.84. The van der Waals surface area contributed by atoms with E-state index >= 15 is 0 Å². The van der Waals surface area contributed by atoms with Crippen molar-refractivity contribution in [3.63, 3.8) is 0 Å². The van der Waals surface area contributed by atoms with Gasteiger partial charge in [0.25, 0.3) is 5.91 Å². The lowest BCUT2D eigenvalue weighted by atomic mass is 10.3. The molecule has 0 aliphatic carbocycles. The van der Waals surface area contributed by atoms with Crippen molar-refractivity contribution in [2.45, 2.75) is 17.7 Å². The van der Waals surface area contributed by atoms with E-state index in [1.807, 2.05) is 0 Å². The SMILES string of the molecule is O=C(COc1ccc(S(=O)(=O)N2CCCC2)cc1[N+](=O)[O-])Nc1cccc(Cl)c1Cl. The first-order valence-electron chi connectivity index (χ1n) is 8.85. The predicted octanol–water partition coefficient (Wildman–Crippen LogP) is 3.70. The molecule has 0 atom stereocenters. The Bertz CT molecular complexity index is 1090. The molecule has 12 heteroatoms. The van der Waals surface area contributed by atoms with Gasteiger partial charge in [-0.2, -0.15) is 4.31 Å². The van der Waals surface area contributed by atoms with Crippen molar-refractivity contribution in [1.29, 1.82) is 0 Å². The highest BCUT2D eigenvalue weighted by atomic mass is 35.5. The monoisotopic (exact) mass is 473 g/mol. The van der Waals surface area contributed by atoms with Gasteiger partial charge in [-0.05, 0) is 37.1 Å². The molecule has 1 amide bonds. The Morgan fingerprint density at radius 3 is 2.57 bits per heavy atom. The number of anilines is 1. The Morgan fingerprint density at radius 2 is 1.90 bits per heavy atom. The smallest absolute Gasteiger partial charge is 0.312 e. The van der Waals surface area contributed by atoms with Crippen LogP contribution in [-0.2, 0) is 14.8 Å². The Morgan fingerprint density at radius 1 is 1.20 bits per heavy atom. The van der Waals surface area contributed by atoms with Gasteiger partial charge in [0.05, 0.1) is 25.6 Å². The van der Waals surface area contributed by atoms with Gasteiger partial charge in [-0.15, -0.1) is 0 Å². The van der Waals surface area contributed by atoms with Crippen LogP contribution in [-0.4, -0.2) is 43.2 Å². The lowest BCUT2D eigenvalue weighted by molar-refractivity contribution is -0.386. The molecular weight excluding hydrogens is 457 g/mol. The standard InChI is InChI=1S/C18H17Cl2N3O6S/c19-13-4-3-5-14(18(13)20)21-17(24)11-29-16-7-6-12(10-15(16)23(25)26)30(27,28)22-8-1-2-9-22/h3-7,10H,1-2,8-9,11H2,(H,21,24). The fourth-order valence-electron chi connectivity index (χ4n) is 2.93. The van der Waals surface area contributed by atoms with E-state index in [1.165, 1.54) is 22.5 Å². The number of nitro groups is 1. The van der Waals surface area contributed by atoms with E-state index in [0.29, 0.717) is 13.1 Å². The molecule has 9 nitrogen and oxygen atoms in total. The zero-order chi connectivity index (χ0) is 21.9. The Labute approximate surface area is 182 Å². The van der Waals surface area contributed by atoms with E-state index in [2.05, 4.69) is 5.32 Å². The zero-order valence-corrected chi connectivity index (χ0v) is 17.8. The summed E-state index contributed by atoms with van der Waals surface area (Å²) in [4.78, 5) is 22.6. The molecule has 2 aromatic rings. The van der Waals surface area contributed by atoms with Gasteiger partial charge in [0.1, 0.15) is 0 Å². The number of amides is 1. The van der Waals surface area contributed by atoms with E-state index in [-0.39, 0.29) is 26.4 Å². The third-order valence-electron chi connectivity index (χ3n) is 4.41. The maximum absolute atomic E-state index is 12.6. The average Bonchev–Trinajstić information content (AvgIpc) is 3.25. The lowest BCUT2D eigenvalue weighted by Crippen LogP contribution is -2.28. The van der Waals surface area contributed by atoms with E-state index in [9.17, 15) is 23.3 Å². The summed E-state index contributed by atoms with van der Waals surface area (Å²) in [6.07, 6.45) is 1.49. The maximum Gasteiger partial charge on any atom is 0.312 e. The summed E-state index contributed by atoms with van der Waals surface area (Å²) >= 11 is 11.9. The van der Waals surface area contributed by atoms with Crippen LogP contribution >= 0.6 is 23.2 Å². The van der Waals surface area contributed by atoms with Crippen LogP contribution in [0, 0.1) is 10.1 Å². The summed E-state index contributed by atoms with van der Waals surface area (Å²) in [5, 5.41) is 14.3. The zero-order valence-electron chi connectivity index (χ0n) is 15.5. The van der Waals surface area contributed by atoms with Gasteiger partial charge in [-0.25, -0.2) is 8.42 Å². The molecule has 0 unspecified atom stereocenters. The van der Waals surface area contributed by atoms with Crippen LogP contribution in [0.25, 0.3) is 0 Å². The first-order chi connectivity index (χ1) is 14.2. The van der Waals surface area contributed by atoms with Gasteiger partial charge >= 0.3 is 5.69 Å². The molecule has 0 saturated carbocycles. The number of rotatable bonds is 7. The molecule has 2 aromatic carbocycles. The number of benzene rings is 2. The maximum atomic E-state index is 12.6. The van der Waals surface area contributed by atoms with Gasteiger partial charge in [0.2, 0.25) is 10.0 Å². The van der Waals surface area contributed by atoms with Crippen LogP contribution in [0.1, 0.15) is 12.8 Å². The minimum Gasteiger partial charge on any atom is -0.477 e. The summed E-state index contributed by atoms with van der Waals surface area (Å²) < 4.78 is 31.8. The molecule has 3 rings (SSSR count). The van der Waals surface area contributed by atoms with E-state index in [1.54, 1.807) is 12.1 Å². The molecule has 0 aromatic heterocycles. The molecule has 0 bridgehead atoms. The fraction of sp³-hybridized carbons (Fsp3) is 0.278. The minimum atomic E-state index is -3.83. The molecule has 30 heavy (non-hydrogen) atoms. The number of nitro benzene ring substituents is 1. The van der Waals surface area contributed by atoms with Gasteiger partial charge in [0, 0.05) is 19.2 Å². The number of halogens is 2. The molecule has 1 saturated heterocycles. The van der Waals surface area contributed by atoms with Crippen LogP contribution < -0.4 is 10.1 Å². The summed E-state index contributed by atoms with van der Waals surface area (Å²) in [5.41, 5.74) is -0.289. The predicted molar refractivity (Wildman–Crippen MR) is 112 cm³/mol. The number of ether oxygens (including phenoxy) is 1. The molecule has 160 valence electrons. The normalized spacial score (nSPS) is 14.5. The largest absolute Gasteiger partial charge is 0.477 e. The van der Waals surface area contributed by atoms with Crippen molar-refractivity contribution in [3.05, 3.63) is 56.6 Å². The van der Waals surface area contributed by atoms with Crippen molar-refractivity contribution in [3.8, 4) is 5.75 Å². The molecular formula is C18H17Cl2N3O6S. The highest BCUT2D eigenvalue weighted by Crippen LogP contribution is 2.32. The minimum absolute atomic E-state index is 0.148. The average molecular weight is 474 g/mol. The van der Waals surface area contributed by atoms with Gasteiger partial charge in [-0.1, -0.05) is 29.3 Å². The molecule has 0 radical (unpaired) electrons. The number of nitrogens with one attached hydrogen (secondary N) is 1. The quantitative estimate of drug-likeness (QED) is 0.483. The number of hydrogen-bond acceptors (Lipinski definition) is 6. The summed E-state index contributed by atoms with van der Waals surface area (Å²) in [6.45, 7) is 0.198. The van der Waals surface area contributed by atoms with Crippen LogP contribution in [0.2, 0.25) is 10.0 Å². The van der Waals surface area contributed by atoms with Gasteiger partial charge in [-0.3, -0.25) is 14.9 Å². The van der Waals surface area contributed by atoms with Crippen LogP contribution in [0.5, 0.6) is 5.75 Å². The number of carbonyl (C=O) groups excluding carboxylic acids is 1. The Balaban J connectivity index is 1.75.